The van der Waals surface area contributed by atoms with E-state index in [-0.39, 0.29) is 12.0 Å². The lowest BCUT2D eigenvalue weighted by Crippen LogP contribution is -2.12. The average Bonchev–Trinajstić information content (AvgIpc) is 3.28. The third-order valence-electron chi connectivity index (χ3n) is 4.99. The molecule has 0 saturated carbocycles. The Hall–Kier alpha value is -4.01. The summed E-state index contributed by atoms with van der Waals surface area (Å²) in [4.78, 5) is 28.6. The van der Waals surface area contributed by atoms with E-state index in [0.29, 0.717) is 46.7 Å². The van der Waals surface area contributed by atoms with Gasteiger partial charge in [-0.1, -0.05) is 11.2 Å². The van der Waals surface area contributed by atoms with Crippen molar-refractivity contribution < 1.29 is 14.0 Å². The minimum atomic E-state index is -0.329. The molecule has 0 bridgehead atoms. The maximum atomic E-state index is 12.7. The lowest BCUT2D eigenvalue weighted by atomic mass is 10.1. The molecule has 0 amide bonds. The van der Waals surface area contributed by atoms with E-state index >= 15 is 0 Å². The largest absolute Gasteiger partial charge is 0.490 e. The summed E-state index contributed by atoms with van der Waals surface area (Å²) < 4.78 is 16.0. The second-order valence-electron chi connectivity index (χ2n) is 7.09. The number of allylic oxidation sites excluding steroid dienone is 1. The van der Waals surface area contributed by atoms with E-state index in [9.17, 15) is 4.79 Å². The summed E-state index contributed by atoms with van der Waals surface area (Å²) in [6.45, 7) is 0.643. The Morgan fingerprint density at radius 2 is 2.06 bits per heavy atom. The summed E-state index contributed by atoms with van der Waals surface area (Å²) in [6, 6.07) is 9.23. The van der Waals surface area contributed by atoms with Crippen LogP contribution >= 0.6 is 0 Å². The van der Waals surface area contributed by atoms with Crippen LogP contribution < -0.4 is 10.3 Å². The smallest absolute Gasteiger partial charge is 0.280 e. The minimum Gasteiger partial charge on any atom is -0.490 e. The highest BCUT2D eigenvalue weighted by Gasteiger charge is 2.16. The first kappa shape index (κ1) is 19.0. The lowest BCUT2D eigenvalue weighted by Gasteiger charge is -2.10. The molecule has 31 heavy (non-hydrogen) atoms. The molecule has 0 unspecified atom stereocenters. The van der Waals surface area contributed by atoms with E-state index in [1.807, 2.05) is 24.3 Å². The van der Waals surface area contributed by atoms with Crippen molar-refractivity contribution in [1.29, 1.82) is 0 Å². The molecule has 156 valence electrons. The van der Waals surface area contributed by atoms with Gasteiger partial charge in [0, 0.05) is 17.8 Å². The van der Waals surface area contributed by atoms with Gasteiger partial charge in [-0.25, -0.2) is 4.98 Å². The summed E-state index contributed by atoms with van der Waals surface area (Å²) in [5, 5.41) is 4.45. The molecule has 9 heteroatoms. The number of nitrogens with zero attached hydrogens (tertiary/aromatic N) is 4. The van der Waals surface area contributed by atoms with Crippen molar-refractivity contribution in [2.24, 2.45) is 0 Å². The quantitative estimate of drug-likeness (QED) is 0.527. The van der Waals surface area contributed by atoms with Gasteiger partial charge in [-0.05, 0) is 42.7 Å². The van der Waals surface area contributed by atoms with Gasteiger partial charge in [0.15, 0.2) is 5.76 Å². The Morgan fingerprint density at radius 3 is 2.84 bits per heavy atom. The summed E-state index contributed by atoms with van der Waals surface area (Å²) in [7, 11) is 1.57. The van der Waals surface area contributed by atoms with Crippen LogP contribution in [0.25, 0.3) is 27.8 Å². The van der Waals surface area contributed by atoms with Crippen LogP contribution in [0.2, 0.25) is 0 Å². The number of hydrogen-bond donors (Lipinski definition) is 1. The van der Waals surface area contributed by atoms with Crippen molar-refractivity contribution in [1.82, 2.24) is 25.1 Å². The van der Waals surface area contributed by atoms with E-state index in [1.165, 1.54) is 0 Å². The molecule has 1 aliphatic heterocycles. The lowest BCUT2D eigenvalue weighted by molar-refractivity contribution is 0.254. The zero-order chi connectivity index (χ0) is 21.2. The van der Waals surface area contributed by atoms with E-state index in [4.69, 9.17) is 14.0 Å². The van der Waals surface area contributed by atoms with Gasteiger partial charge in [-0.3, -0.25) is 4.79 Å². The molecule has 0 radical (unpaired) electrons. The second kappa shape index (κ2) is 8.02. The molecular weight excluding hydrogens is 398 g/mol. The Bertz CT molecular complexity index is 1320. The van der Waals surface area contributed by atoms with Crippen LogP contribution in [0.3, 0.4) is 0 Å². The molecule has 9 nitrogen and oxygen atoms in total. The van der Waals surface area contributed by atoms with Gasteiger partial charge in [-0.2, -0.15) is 9.97 Å². The standard InChI is InChI=1S/C22H19N5O4/c1-29-19-8-6-14(12-23-19)13-5-7-16-15(10-13)22(28)25-18(24-16)11-20-26-21(27-31-20)17-4-2-3-9-30-17/h4-8,10,12H,2-3,9,11H2,1H3,(H,24,25,28). The number of ether oxygens (including phenoxy) is 2. The summed E-state index contributed by atoms with van der Waals surface area (Å²) in [5.74, 6) is 2.38. The van der Waals surface area contributed by atoms with Crippen molar-refractivity contribution in [2.45, 2.75) is 19.3 Å². The normalized spacial score (nSPS) is 13.6. The maximum absolute atomic E-state index is 12.7. The number of pyridine rings is 1. The topological polar surface area (TPSA) is 116 Å². The monoisotopic (exact) mass is 417 g/mol. The first-order chi connectivity index (χ1) is 15.2. The predicted octanol–water partition coefficient (Wildman–Crippen LogP) is 3.12. The Morgan fingerprint density at radius 1 is 1.16 bits per heavy atom. The number of H-pyrrole nitrogens is 1. The highest BCUT2D eigenvalue weighted by atomic mass is 16.5. The van der Waals surface area contributed by atoms with Gasteiger partial charge in [0.1, 0.15) is 5.82 Å². The van der Waals surface area contributed by atoms with Crippen LogP contribution in [0.1, 0.15) is 30.4 Å². The van der Waals surface area contributed by atoms with Gasteiger partial charge in [0.05, 0.1) is 31.0 Å². The fraction of sp³-hybridized carbons (Fsp3) is 0.227. The number of benzene rings is 1. The average molecular weight is 417 g/mol. The Kier molecular flexibility index (Phi) is 4.91. The molecule has 0 aliphatic carbocycles. The van der Waals surface area contributed by atoms with E-state index < -0.39 is 0 Å². The first-order valence-corrected chi connectivity index (χ1v) is 9.89. The first-order valence-electron chi connectivity index (χ1n) is 9.89. The number of methoxy groups -OCH3 is 1. The Balaban J connectivity index is 1.41. The zero-order valence-electron chi connectivity index (χ0n) is 16.8. The maximum Gasteiger partial charge on any atom is 0.280 e. The number of aromatic nitrogens is 5. The molecule has 0 atom stereocenters. The predicted molar refractivity (Wildman–Crippen MR) is 112 cm³/mol. The third kappa shape index (κ3) is 3.89. The van der Waals surface area contributed by atoms with Crippen LogP contribution in [-0.4, -0.2) is 38.8 Å². The van der Waals surface area contributed by atoms with Gasteiger partial charge < -0.3 is 19.0 Å². The van der Waals surface area contributed by atoms with Crippen molar-refractivity contribution in [3.63, 3.8) is 0 Å². The number of hydrogen-bond acceptors (Lipinski definition) is 8. The van der Waals surface area contributed by atoms with Crippen LogP contribution in [0.4, 0.5) is 0 Å². The third-order valence-corrected chi connectivity index (χ3v) is 4.99. The molecule has 4 heterocycles. The van der Waals surface area contributed by atoms with Crippen LogP contribution in [0.5, 0.6) is 5.88 Å². The van der Waals surface area contributed by atoms with Crippen molar-refractivity contribution in [3.05, 3.63) is 70.5 Å². The molecule has 4 aromatic rings. The minimum absolute atomic E-state index is 0.218. The highest BCUT2D eigenvalue weighted by molar-refractivity contribution is 5.83. The number of fused-ring (bicyclic) bond motifs is 1. The van der Waals surface area contributed by atoms with Gasteiger partial charge in [0.25, 0.3) is 5.56 Å². The van der Waals surface area contributed by atoms with E-state index in [0.717, 1.165) is 24.0 Å². The molecule has 0 saturated heterocycles. The molecule has 3 aromatic heterocycles. The molecule has 1 aromatic carbocycles. The second-order valence-corrected chi connectivity index (χ2v) is 7.09. The molecule has 0 spiro atoms. The van der Waals surface area contributed by atoms with Gasteiger partial charge >= 0.3 is 0 Å². The van der Waals surface area contributed by atoms with Crippen molar-refractivity contribution in [2.75, 3.05) is 13.7 Å². The molecular formula is C22H19N5O4. The van der Waals surface area contributed by atoms with Crippen LogP contribution in [0, 0.1) is 0 Å². The van der Waals surface area contributed by atoms with Gasteiger partial charge in [-0.15, -0.1) is 0 Å². The molecule has 1 N–H and O–H groups in total. The summed E-state index contributed by atoms with van der Waals surface area (Å²) >= 11 is 0. The molecule has 1 aliphatic rings. The van der Waals surface area contributed by atoms with Crippen LogP contribution in [0.15, 0.2) is 51.9 Å². The number of aromatic amines is 1. The SMILES string of the molecule is COc1ccc(-c2ccc3[nH]c(Cc4nc(C5=CCCCO5)no4)nc(=O)c3c2)cn1. The van der Waals surface area contributed by atoms with Crippen LogP contribution in [-0.2, 0) is 11.2 Å². The molecule has 5 rings (SSSR count). The zero-order valence-corrected chi connectivity index (χ0v) is 16.8. The number of rotatable bonds is 5. The van der Waals surface area contributed by atoms with Crippen molar-refractivity contribution in [3.8, 4) is 17.0 Å². The Labute approximate surface area is 176 Å². The highest BCUT2D eigenvalue weighted by Crippen LogP contribution is 2.23. The van der Waals surface area contributed by atoms with E-state index in [2.05, 4.69) is 25.1 Å². The van der Waals surface area contributed by atoms with E-state index in [1.54, 1.807) is 25.4 Å². The molecule has 0 fully saturated rings. The number of nitrogens with one attached hydrogen (secondary N) is 1. The van der Waals surface area contributed by atoms with Gasteiger partial charge in [0.2, 0.25) is 17.6 Å². The summed E-state index contributed by atoms with van der Waals surface area (Å²) in [6.07, 6.45) is 5.77. The van der Waals surface area contributed by atoms with Crippen molar-refractivity contribution >= 4 is 16.7 Å². The fourth-order valence-corrected chi connectivity index (χ4v) is 3.41. The summed E-state index contributed by atoms with van der Waals surface area (Å²) in [5.41, 5.74) is 2.09. The fourth-order valence-electron chi connectivity index (χ4n) is 3.41.